The third-order valence-corrected chi connectivity index (χ3v) is 10.2. The average Bonchev–Trinajstić information content (AvgIpc) is 4.09. The van der Waals surface area contributed by atoms with Crippen LogP contribution in [0.25, 0.3) is 35.7 Å². The van der Waals surface area contributed by atoms with Gasteiger partial charge in [0.15, 0.2) is 17.5 Å². The van der Waals surface area contributed by atoms with E-state index >= 15 is 0 Å². The SMILES string of the molecule is COc1cc(/C=C/c2nc(C(C)c3ccccc3)n(C)n2)ccc1-n1cnc(C)c1.COc1cc(/C=C/c2nc(C(C)c3ccccc3)nn2C)ccc1-n1cnc(C)c1. The molecule has 0 amide bonds. The molecule has 4 aromatic carbocycles. The van der Waals surface area contributed by atoms with Crippen LogP contribution in [0.4, 0.5) is 0 Å². The molecule has 0 saturated carbocycles. The number of imidazole rings is 2. The fourth-order valence-corrected chi connectivity index (χ4v) is 6.86. The van der Waals surface area contributed by atoms with Crippen LogP contribution in [0.3, 0.4) is 0 Å². The summed E-state index contributed by atoms with van der Waals surface area (Å²) in [5.41, 5.74) is 8.28. The zero-order valence-corrected chi connectivity index (χ0v) is 35.3. The monoisotopic (exact) mass is 798 g/mol. The highest BCUT2D eigenvalue weighted by Crippen LogP contribution is 2.28. The van der Waals surface area contributed by atoms with Gasteiger partial charge >= 0.3 is 0 Å². The van der Waals surface area contributed by atoms with Gasteiger partial charge in [0.1, 0.15) is 17.3 Å². The minimum Gasteiger partial charge on any atom is -0.495 e. The first kappa shape index (κ1) is 40.8. The summed E-state index contributed by atoms with van der Waals surface area (Å²) in [6.45, 7) is 8.20. The number of nitrogens with zero attached hydrogens (tertiary/aromatic N) is 10. The van der Waals surface area contributed by atoms with Gasteiger partial charge in [-0.25, -0.2) is 24.6 Å². The molecule has 2 atom stereocenters. The van der Waals surface area contributed by atoms with Crippen molar-refractivity contribution in [1.29, 1.82) is 0 Å². The molecule has 0 aliphatic carbocycles. The van der Waals surface area contributed by atoms with E-state index in [1.807, 2.05) is 156 Å². The first-order chi connectivity index (χ1) is 29.1. The molecule has 304 valence electrons. The second-order valence-electron chi connectivity index (χ2n) is 14.5. The third-order valence-electron chi connectivity index (χ3n) is 10.2. The van der Waals surface area contributed by atoms with Crippen molar-refractivity contribution in [3.63, 3.8) is 0 Å². The summed E-state index contributed by atoms with van der Waals surface area (Å²) in [6, 6.07) is 32.8. The Labute approximate surface area is 351 Å². The number of rotatable bonds is 12. The Morgan fingerprint density at radius 3 is 1.58 bits per heavy atom. The van der Waals surface area contributed by atoms with Gasteiger partial charge in [-0.1, -0.05) is 98.8 Å². The third kappa shape index (κ3) is 9.50. The molecule has 0 saturated heterocycles. The van der Waals surface area contributed by atoms with Crippen molar-refractivity contribution in [1.82, 2.24) is 48.6 Å². The van der Waals surface area contributed by atoms with Crippen LogP contribution in [0.2, 0.25) is 0 Å². The molecule has 0 fully saturated rings. The van der Waals surface area contributed by atoms with E-state index in [0.29, 0.717) is 5.82 Å². The van der Waals surface area contributed by atoms with Crippen LogP contribution in [0, 0.1) is 13.8 Å². The minimum absolute atomic E-state index is 0.137. The molecule has 8 rings (SSSR count). The van der Waals surface area contributed by atoms with Crippen molar-refractivity contribution in [2.45, 2.75) is 39.5 Å². The Balaban J connectivity index is 0.000000181. The summed E-state index contributed by atoms with van der Waals surface area (Å²) in [5, 5.41) is 9.17. The van der Waals surface area contributed by atoms with Crippen LogP contribution in [0.15, 0.2) is 122 Å². The van der Waals surface area contributed by atoms with Crippen LogP contribution in [-0.4, -0.2) is 62.9 Å². The largest absolute Gasteiger partial charge is 0.495 e. The topological polar surface area (TPSA) is 116 Å². The van der Waals surface area contributed by atoms with Crippen molar-refractivity contribution >= 4 is 24.3 Å². The minimum atomic E-state index is 0.137. The lowest BCUT2D eigenvalue weighted by atomic mass is 10.0. The molecular weight excluding hydrogens is 749 g/mol. The van der Waals surface area contributed by atoms with E-state index in [-0.39, 0.29) is 11.8 Å². The number of benzene rings is 4. The smallest absolute Gasteiger partial charge is 0.174 e. The maximum absolute atomic E-state index is 5.59. The fourth-order valence-electron chi connectivity index (χ4n) is 6.86. The quantitative estimate of drug-likeness (QED) is 0.120. The molecule has 12 nitrogen and oxygen atoms in total. The maximum Gasteiger partial charge on any atom is 0.174 e. The van der Waals surface area contributed by atoms with Crippen LogP contribution < -0.4 is 9.47 Å². The van der Waals surface area contributed by atoms with Crippen molar-refractivity contribution in [2.75, 3.05) is 14.2 Å². The molecule has 0 aliphatic rings. The number of hydrogen-bond donors (Lipinski definition) is 0. The van der Waals surface area contributed by atoms with E-state index in [9.17, 15) is 0 Å². The van der Waals surface area contributed by atoms with Crippen LogP contribution in [0.5, 0.6) is 11.5 Å². The molecule has 4 heterocycles. The maximum atomic E-state index is 5.59. The van der Waals surface area contributed by atoms with Gasteiger partial charge in [-0.15, -0.1) is 0 Å². The summed E-state index contributed by atoms with van der Waals surface area (Å²) in [5.74, 6) is 5.11. The summed E-state index contributed by atoms with van der Waals surface area (Å²) < 4.78 is 18.8. The Kier molecular flexibility index (Phi) is 12.6. The molecule has 8 aromatic rings. The molecule has 0 bridgehead atoms. The highest BCUT2D eigenvalue weighted by Gasteiger charge is 2.17. The molecule has 60 heavy (non-hydrogen) atoms. The van der Waals surface area contributed by atoms with E-state index in [1.54, 1.807) is 26.9 Å². The van der Waals surface area contributed by atoms with Gasteiger partial charge in [0.05, 0.1) is 49.6 Å². The molecule has 0 N–H and O–H groups in total. The predicted octanol–water partition coefficient (Wildman–Crippen LogP) is 9.28. The highest BCUT2D eigenvalue weighted by atomic mass is 16.5. The molecular formula is C48H50N10O2. The molecule has 0 spiro atoms. The molecule has 12 heteroatoms. The van der Waals surface area contributed by atoms with Gasteiger partial charge < -0.3 is 18.6 Å². The van der Waals surface area contributed by atoms with Crippen LogP contribution in [0.1, 0.15) is 82.6 Å². The van der Waals surface area contributed by atoms with E-state index in [0.717, 1.165) is 62.9 Å². The van der Waals surface area contributed by atoms with Crippen molar-refractivity contribution in [3.8, 4) is 22.9 Å². The lowest BCUT2D eigenvalue weighted by Gasteiger charge is -2.10. The second-order valence-corrected chi connectivity index (χ2v) is 14.5. The number of ether oxygens (including phenoxy) is 2. The lowest BCUT2D eigenvalue weighted by Crippen LogP contribution is -2.05. The molecule has 2 unspecified atom stereocenters. The summed E-state index contributed by atoms with van der Waals surface area (Å²) in [4.78, 5) is 18.0. The molecule has 0 radical (unpaired) electrons. The number of hydrogen-bond acceptors (Lipinski definition) is 8. The molecule has 0 aliphatic heterocycles. The van der Waals surface area contributed by atoms with Gasteiger partial charge in [0.2, 0.25) is 0 Å². The highest BCUT2D eigenvalue weighted by molar-refractivity contribution is 5.70. The van der Waals surface area contributed by atoms with E-state index in [2.05, 4.69) is 58.3 Å². The summed E-state index contributed by atoms with van der Waals surface area (Å²) in [7, 11) is 7.20. The van der Waals surface area contributed by atoms with Gasteiger partial charge in [-0.2, -0.15) is 10.2 Å². The van der Waals surface area contributed by atoms with E-state index in [4.69, 9.17) is 19.4 Å². The standard InChI is InChI=1S/2C24H25N5O/c1-17-15-29(16-25-17)21-12-10-19(14-22(21)30-4)11-13-23-26-24(27-28(23)3)18(2)20-8-6-5-7-9-20;1-17-15-29(16-25-17)21-12-10-19(14-22(21)30-4)11-13-23-26-24(28(3)27-23)18(2)20-8-6-5-7-9-20/h2*5-16,18H,1-4H3/b2*13-11+. The van der Waals surface area contributed by atoms with Gasteiger partial charge in [0, 0.05) is 38.3 Å². The summed E-state index contributed by atoms with van der Waals surface area (Å²) in [6.07, 6.45) is 15.4. The molecule has 4 aromatic heterocycles. The van der Waals surface area contributed by atoms with Gasteiger partial charge in [0.25, 0.3) is 0 Å². The van der Waals surface area contributed by atoms with Crippen molar-refractivity contribution < 1.29 is 9.47 Å². The number of aryl methyl sites for hydroxylation is 4. The normalized spacial score (nSPS) is 12.4. The fraction of sp³-hybridized carbons (Fsp3) is 0.208. The average molecular weight is 799 g/mol. The van der Waals surface area contributed by atoms with Crippen LogP contribution >= 0.6 is 0 Å². The number of methoxy groups -OCH3 is 2. The number of aromatic nitrogens is 10. The van der Waals surface area contributed by atoms with Crippen molar-refractivity contribution in [3.05, 3.63) is 179 Å². The van der Waals surface area contributed by atoms with Gasteiger partial charge in [-0.05, 0) is 72.5 Å². The zero-order valence-electron chi connectivity index (χ0n) is 35.3. The predicted molar refractivity (Wildman–Crippen MR) is 237 cm³/mol. The Hall–Kier alpha value is -7.34. The van der Waals surface area contributed by atoms with Crippen LogP contribution in [-0.2, 0) is 14.1 Å². The Morgan fingerprint density at radius 2 is 1.08 bits per heavy atom. The van der Waals surface area contributed by atoms with E-state index in [1.165, 1.54) is 11.1 Å². The zero-order chi connectivity index (χ0) is 42.2. The Bertz CT molecular complexity index is 2720. The lowest BCUT2D eigenvalue weighted by molar-refractivity contribution is 0.412. The van der Waals surface area contributed by atoms with Crippen molar-refractivity contribution in [2.24, 2.45) is 14.1 Å². The summed E-state index contributed by atoms with van der Waals surface area (Å²) >= 11 is 0. The second kappa shape index (κ2) is 18.5. The van der Waals surface area contributed by atoms with Gasteiger partial charge in [-0.3, -0.25) is 4.68 Å². The Morgan fingerprint density at radius 1 is 0.567 bits per heavy atom. The first-order valence-electron chi connectivity index (χ1n) is 19.8. The van der Waals surface area contributed by atoms with E-state index < -0.39 is 0 Å². The first-order valence-corrected chi connectivity index (χ1v) is 19.8.